The molecule has 0 amide bonds. The minimum atomic E-state index is -0.818. The van der Waals surface area contributed by atoms with Gasteiger partial charge in [-0.2, -0.15) is 5.10 Å². The molecule has 0 saturated heterocycles. The van der Waals surface area contributed by atoms with Gasteiger partial charge in [0.2, 0.25) is 0 Å². The smallest absolute Gasteiger partial charge is 0.364 e. The van der Waals surface area contributed by atoms with Gasteiger partial charge < -0.3 is 4.74 Å². The van der Waals surface area contributed by atoms with Gasteiger partial charge in [-0.15, -0.1) is 0 Å². The Labute approximate surface area is 148 Å². The Morgan fingerprint density at radius 1 is 1.20 bits per heavy atom. The minimum absolute atomic E-state index is 0.0272. The molecule has 1 aromatic heterocycles. The molecular weight excluding hydrogens is 397 g/mol. The van der Waals surface area contributed by atoms with Crippen LogP contribution in [-0.4, -0.2) is 20.7 Å². The van der Waals surface area contributed by atoms with E-state index in [4.69, 9.17) is 4.74 Å². The Hall–Kier alpha value is -3.07. The molecule has 0 radical (unpaired) electrons. The van der Waals surface area contributed by atoms with Crippen molar-refractivity contribution in [2.45, 2.75) is 0 Å². The van der Waals surface area contributed by atoms with Crippen molar-refractivity contribution in [1.29, 1.82) is 0 Å². The molecule has 3 rings (SSSR count). The van der Waals surface area contributed by atoms with Crippen LogP contribution in [0, 0.1) is 15.9 Å². The average molecular weight is 406 g/mol. The highest BCUT2D eigenvalue weighted by Gasteiger charge is 2.16. The summed E-state index contributed by atoms with van der Waals surface area (Å²) >= 11 is 3.11. The Bertz CT molecular complexity index is 956. The Balaban J connectivity index is 1.78. The van der Waals surface area contributed by atoms with Crippen LogP contribution in [0.25, 0.3) is 5.69 Å². The number of non-ortho nitro benzene ring substituents is 1. The number of hydrogen-bond donors (Lipinski definition) is 0. The molecule has 2 aromatic carbocycles. The zero-order valence-corrected chi connectivity index (χ0v) is 14.0. The third-order valence-corrected chi connectivity index (χ3v) is 3.71. The lowest BCUT2D eigenvalue weighted by Gasteiger charge is -2.04. The first-order valence-electron chi connectivity index (χ1n) is 6.92. The summed E-state index contributed by atoms with van der Waals surface area (Å²) in [7, 11) is 0. The van der Waals surface area contributed by atoms with Gasteiger partial charge in [-0.05, 0) is 36.4 Å². The topological polar surface area (TPSA) is 87.3 Å². The number of esters is 1. The van der Waals surface area contributed by atoms with Crippen molar-refractivity contribution < 1.29 is 18.8 Å². The second-order valence-electron chi connectivity index (χ2n) is 4.88. The van der Waals surface area contributed by atoms with Gasteiger partial charge >= 0.3 is 5.97 Å². The van der Waals surface area contributed by atoms with Crippen molar-refractivity contribution >= 4 is 27.6 Å². The molecular formula is C16H9BrFN3O4. The highest BCUT2D eigenvalue weighted by atomic mass is 79.9. The molecule has 0 atom stereocenters. The summed E-state index contributed by atoms with van der Waals surface area (Å²) in [4.78, 5) is 22.2. The van der Waals surface area contributed by atoms with Gasteiger partial charge in [0.25, 0.3) is 5.69 Å². The second kappa shape index (κ2) is 6.81. The fourth-order valence-electron chi connectivity index (χ4n) is 2.01. The van der Waals surface area contributed by atoms with Crippen LogP contribution in [0.4, 0.5) is 10.1 Å². The zero-order chi connectivity index (χ0) is 18.0. The van der Waals surface area contributed by atoms with Crippen LogP contribution < -0.4 is 4.74 Å². The van der Waals surface area contributed by atoms with E-state index in [1.807, 2.05) is 0 Å². The molecule has 0 aliphatic heterocycles. The number of ether oxygens (including phenoxy) is 1. The molecule has 0 saturated carbocycles. The number of rotatable bonds is 4. The van der Waals surface area contributed by atoms with Gasteiger partial charge in [-0.3, -0.25) is 10.1 Å². The van der Waals surface area contributed by atoms with E-state index < -0.39 is 16.7 Å². The number of nitrogens with zero attached hydrogens (tertiary/aromatic N) is 3. The highest BCUT2D eigenvalue weighted by molar-refractivity contribution is 9.10. The third-order valence-electron chi connectivity index (χ3n) is 3.22. The summed E-state index contributed by atoms with van der Waals surface area (Å²) in [6, 6.07) is 11.1. The average Bonchev–Trinajstić information content (AvgIpc) is 3.07. The zero-order valence-electron chi connectivity index (χ0n) is 12.4. The number of nitro groups is 1. The van der Waals surface area contributed by atoms with E-state index >= 15 is 0 Å². The molecule has 0 unspecified atom stereocenters. The van der Waals surface area contributed by atoms with E-state index in [1.165, 1.54) is 53.3 Å². The summed E-state index contributed by atoms with van der Waals surface area (Å²) in [5, 5.41) is 14.7. The molecule has 0 aliphatic rings. The van der Waals surface area contributed by atoms with Gasteiger partial charge in [0.1, 0.15) is 0 Å². The van der Waals surface area contributed by atoms with Gasteiger partial charge in [-0.25, -0.2) is 13.9 Å². The number of carbonyl (C=O) groups is 1. The number of carbonyl (C=O) groups excluding carboxylic acids is 1. The SMILES string of the molecule is O=C(Oc1ccc(Br)cc1F)c1ccn(-c2ccc([N+](=O)[O-])cc2)n1. The van der Waals surface area contributed by atoms with E-state index in [0.29, 0.717) is 10.2 Å². The van der Waals surface area contributed by atoms with Crippen LogP contribution in [0.15, 0.2) is 59.2 Å². The van der Waals surface area contributed by atoms with E-state index in [0.717, 1.165) is 0 Å². The first-order valence-corrected chi connectivity index (χ1v) is 7.71. The van der Waals surface area contributed by atoms with E-state index in [1.54, 1.807) is 6.07 Å². The first-order chi connectivity index (χ1) is 11.9. The first kappa shape index (κ1) is 16.8. The Morgan fingerprint density at radius 2 is 1.92 bits per heavy atom. The lowest BCUT2D eigenvalue weighted by atomic mass is 10.3. The van der Waals surface area contributed by atoms with Crippen molar-refractivity contribution in [2.24, 2.45) is 0 Å². The summed E-state index contributed by atoms with van der Waals surface area (Å²) in [5.41, 5.74) is 0.446. The summed E-state index contributed by atoms with van der Waals surface area (Å²) in [5.74, 6) is -1.71. The molecule has 25 heavy (non-hydrogen) atoms. The van der Waals surface area contributed by atoms with Crippen molar-refractivity contribution in [2.75, 3.05) is 0 Å². The molecule has 0 spiro atoms. The summed E-state index contributed by atoms with van der Waals surface area (Å²) < 4.78 is 20.6. The number of aromatic nitrogens is 2. The Morgan fingerprint density at radius 3 is 2.56 bits per heavy atom. The van der Waals surface area contributed by atoms with Crippen LogP contribution in [0.3, 0.4) is 0 Å². The van der Waals surface area contributed by atoms with Gasteiger partial charge in [-0.1, -0.05) is 15.9 Å². The maximum atomic E-state index is 13.7. The molecule has 0 aliphatic carbocycles. The maximum absolute atomic E-state index is 13.7. The number of benzene rings is 2. The normalized spacial score (nSPS) is 10.5. The Kier molecular flexibility index (Phi) is 4.57. The molecule has 3 aromatic rings. The molecule has 0 fully saturated rings. The molecule has 0 bridgehead atoms. The van der Waals surface area contributed by atoms with Crippen LogP contribution in [0.2, 0.25) is 0 Å². The van der Waals surface area contributed by atoms with Crippen molar-refractivity contribution in [3.05, 3.63) is 80.8 Å². The minimum Gasteiger partial charge on any atom is -0.419 e. The van der Waals surface area contributed by atoms with Gasteiger partial charge in [0.15, 0.2) is 17.3 Å². The molecule has 126 valence electrons. The fraction of sp³-hybridized carbons (Fsp3) is 0. The van der Waals surface area contributed by atoms with E-state index in [-0.39, 0.29) is 17.1 Å². The molecule has 9 heteroatoms. The van der Waals surface area contributed by atoms with E-state index in [9.17, 15) is 19.3 Å². The molecule has 1 heterocycles. The second-order valence-corrected chi connectivity index (χ2v) is 5.80. The van der Waals surface area contributed by atoms with E-state index in [2.05, 4.69) is 21.0 Å². The number of hydrogen-bond acceptors (Lipinski definition) is 5. The molecule has 0 N–H and O–H groups in total. The van der Waals surface area contributed by atoms with Crippen molar-refractivity contribution in [3.8, 4) is 11.4 Å². The van der Waals surface area contributed by atoms with Crippen LogP contribution in [0.1, 0.15) is 10.5 Å². The highest BCUT2D eigenvalue weighted by Crippen LogP contribution is 2.22. The van der Waals surface area contributed by atoms with Crippen molar-refractivity contribution in [3.63, 3.8) is 0 Å². The van der Waals surface area contributed by atoms with Crippen LogP contribution >= 0.6 is 15.9 Å². The number of halogens is 2. The van der Waals surface area contributed by atoms with Crippen LogP contribution in [0.5, 0.6) is 5.75 Å². The third kappa shape index (κ3) is 3.72. The maximum Gasteiger partial charge on any atom is 0.364 e. The monoisotopic (exact) mass is 405 g/mol. The van der Waals surface area contributed by atoms with Gasteiger partial charge in [0.05, 0.1) is 10.6 Å². The van der Waals surface area contributed by atoms with Crippen molar-refractivity contribution in [1.82, 2.24) is 9.78 Å². The predicted octanol–water partition coefficient (Wildman–Crippen LogP) is 3.90. The molecule has 7 nitrogen and oxygen atoms in total. The number of nitro benzene ring substituents is 1. The largest absolute Gasteiger partial charge is 0.419 e. The quantitative estimate of drug-likeness (QED) is 0.284. The van der Waals surface area contributed by atoms with Crippen LogP contribution in [-0.2, 0) is 0 Å². The lowest BCUT2D eigenvalue weighted by molar-refractivity contribution is -0.384. The summed E-state index contributed by atoms with van der Waals surface area (Å²) in [6.07, 6.45) is 1.50. The fourth-order valence-corrected chi connectivity index (χ4v) is 2.35. The van der Waals surface area contributed by atoms with Gasteiger partial charge in [0, 0.05) is 22.8 Å². The standard InChI is InChI=1S/C16H9BrFN3O4/c17-10-1-6-15(13(18)9-10)25-16(22)14-7-8-20(19-14)11-2-4-12(5-3-11)21(23)24/h1-9H. The lowest BCUT2D eigenvalue weighted by Crippen LogP contribution is -2.11. The predicted molar refractivity (Wildman–Crippen MR) is 89.3 cm³/mol. The summed E-state index contributed by atoms with van der Waals surface area (Å²) in [6.45, 7) is 0.